The number of hydrogen-bond acceptors (Lipinski definition) is 6. The average molecular weight is 979 g/mol. The molecule has 6 nitrogen and oxygen atoms in total. The fraction of sp³-hybridized carbons (Fsp3) is 0.388. The number of carbonyl (C=O) groups excluding carboxylic acids is 1. The van der Waals surface area contributed by atoms with Crippen LogP contribution < -0.4 is 19.1 Å². The lowest BCUT2D eigenvalue weighted by atomic mass is 9.72. The Balaban J connectivity index is 0.843. The minimum absolute atomic E-state index is 0.0781. The number of esters is 1. The monoisotopic (exact) mass is 979 g/mol. The first-order valence-electron chi connectivity index (χ1n) is 27.3. The van der Waals surface area contributed by atoms with Crippen molar-refractivity contribution in [3.05, 3.63) is 179 Å². The second kappa shape index (κ2) is 25.0. The van der Waals surface area contributed by atoms with Gasteiger partial charge in [-0.3, -0.25) is 0 Å². The lowest BCUT2D eigenvalue weighted by Crippen LogP contribution is -2.27. The topological polar surface area (TPSA) is 63.2 Å². The Kier molecular flexibility index (Phi) is 18.2. The van der Waals surface area contributed by atoms with E-state index in [1.165, 1.54) is 92.5 Å². The van der Waals surface area contributed by atoms with E-state index in [-0.39, 0.29) is 16.2 Å². The molecule has 0 radical (unpaired) electrons. The summed E-state index contributed by atoms with van der Waals surface area (Å²) in [7, 11) is 0. The quantitative estimate of drug-likeness (QED) is 0.0135. The van der Waals surface area contributed by atoms with Gasteiger partial charge >= 0.3 is 5.97 Å². The normalized spacial score (nSPS) is 16.2. The summed E-state index contributed by atoms with van der Waals surface area (Å²) in [6, 6.07) is 46.0. The summed E-state index contributed by atoms with van der Waals surface area (Å²) in [5, 5.41) is 0. The van der Waals surface area contributed by atoms with Gasteiger partial charge in [0, 0.05) is 11.5 Å². The molecule has 2 aliphatic carbocycles. The SMILES string of the molecule is CCCCCCCCOc1ccc(-c2ccc(/C=C/COOc3ccc4c(c3)C3(CC4(C)C)CC(C)(C)c4ccc(OC(=O)/C=C/c5ccc(-c6ccc(OCCCCCCCC)cc6)cc5)cc43)cc2)cc1. The van der Waals surface area contributed by atoms with Gasteiger partial charge in [0.15, 0.2) is 5.75 Å². The molecule has 0 fully saturated rings. The van der Waals surface area contributed by atoms with Gasteiger partial charge in [-0.15, -0.1) is 0 Å². The van der Waals surface area contributed by atoms with E-state index in [0.29, 0.717) is 18.1 Å². The highest BCUT2D eigenvalue weighted by atomic mass is 17.2. The Bertz CT molecular complexity index is 2760. The van der Waals surface area contributed by atoms with Gasteiger partial charge < -0.3 is 19.1 Å². The molecule has 382 valence electrons. The van der Waals surface area contributed by atoms with E-state index in [9.17, 15) is 4.79 Å². The highest BCUT2D eigenvalue weighted by Gasteiger charge is 2.56. The maximum absolute atomic E-state index is 13.3. The Hall–Kier alpha value is -6.37. The van der Waals surface area contributed by atoms with Crippen LogP contribution in [0.1, 0.15) is 165 Å². The third kappa shape index (κ3) is 13.8. The summed E-state index contributed by atoms with van der Waals surface area (Å²) >= 11 is 0. The van der Waals surface area contributed by atoms with Gasteiger partial charge in [0.25, 0.3) is 0 Å². The molecule has 0 saturated heterocycles. The van der Waals surface area contributed by atoms with Gasteiger partial charge in [-0.25, -0.2) is 4.79 Å². The minimum Gasteiger partial charge on any atom is -0.494 e. The van der Waals surface area contributed by atoms with Crippen LogP contribution in [0.4, 0.5) is 0 Å². The smallest absolute Gasteiger partial charge is 0.336 e. The number of ether oxygens (including phenoxy) is 3. The van der Waals surface area contributed by atoms with E-state index in [1.807, 2.05) is 48.6 Å². The molecule has 6 heteroatoms. The third-order valence-corrected chi connectivity index (χ3v) is 14.9. The van der Waals surface area contributed by atoms with Crippen molar-refractivity contribution in [2.45, 2.75) is 148 Å². The maximum atomic E-state index is 13.3. The van der Waals surface area contributed by atoms with Crippen LogP contribution in [-0.4, -0.2) is 25.8 Å². The molecule has 73 heavy (non-hydrogen) atoms. The predicted octanol–water partition coefficient (Wildman–Crippen LogP) is 17.8. The van der Waals surface area contributed by atoms with Crippen LogP contribution in [0, 0.1) is 0 Å². The molecule has 0 amide bonds. The zero-order valence-corrected chi connectivity index (χ0v) is 44.5. The molecule has 0 aromatic heterocycles. The van der Waals surface area contributed by atoms with Crippen molar-refractivity contribution >= 4 is 18.1 Å². The number of rotatable bonds is 26. The first-order chi connectivity index (χ1) is 35.5. The second-order valence-corrected chi connectivity index (χ2v) is 21.7. The zero-order valence-electron chi connectivity index (χ0n) is 44.5. The van der Waals surface area contributed by atoms with Crippen molar-refractivity contribution in [1.29, 1.82) is 0 Å². The zero-order chi connectivity index (χ0) is 51.1. The largest absolute Gasteiger partial charge is 0.494 e. The summed E-state index contributed by atoms with van der Waals surface area (Å²) in [5.41, 5.74) is 11.2. The van der Waals surface area contributed by atoms with Crippen LogP contribution in [0.25, 0.3) is 34.4 Å². The molecule has 2 aliphatic rings. The predicted molar refractivity (Wildman–Crippen MR) is 301 cm³/mol. The van der Waals surface area contributed by atoms with Gasteiger partial charge in [-0.05, 0) is 147 Å². The molecule has 0 saturated carbocycles. The van der Waals surface area contributed by atoms with Crippen LogP contribution in [0.15, 0.2) is 146 Å². The minimum atomic E-state index is -0.413. The van der Waals surface area contributed by atoms with Crippen molar-refractivity contribution in [3.8, 4) is 45.3 Å². The van der Waals surface area contributed by atoms with Crippen molar-refractivity contribution < 1.29 is 28.8 Å². The van der Waals surface area contributed by atoms with Crippen LogP contribution >= 0.6 is 0 Å². The van der Waals surface area contributed by atoms with Crippen molar-refractivity contribution in [2.75, 3.05) is 19.8 Å². The highest BCUT2D eigenvalue weighted by Crippen LogP contribution is 2.63. The molecular weight excluding hydrogens is 901 g/mol. The van der Waals surface area contributed by atoms with E-state index in [0.717, 1.165) is 83.8 Å². The Morgan fingerprint density at radius 3 is 1.37 bits per heavy atom. The Morgan fingerprint density at radius 2 is 0.877 bits per heavy atom. The van der Waals surface area contributed by atoms with Crippen LogP contribution in [0.2, 0.25) is 0 Å². The molecule has 1 spiro atoms. The molecule has 6 aromatic carbocycles. The number of fused-ring (bicyclic) bond motifs is 4. The molecule has 6 aromatic rings. The standard InChI is InChI=1S/C67H78O6/c1-7-9-11-13-15-17-43-69-56-34-30-54(31-35-56)52-26-21-50(22-27-52)20-19-45-71-73-59-39-41-61-63(47-59)67(49-66(61,5)6)48-65(3,4)60-40-38-58(46-62(60)67)72-64(68)42-25-51-23-28-53(29-24-51)55-32-36-57(37-33-55)70-44-18-16-14-12-10-8-2/h19-42,46-47H,7-18,43-45,48-49H2,1-6H3/b20-19+,42-25+. The molecule has 0 bridgehead atoms. The fourth-order valence-corrected chi connectivity index (χ4v) is 11.3. The van der Waals surface area contributed by atoms with Crippen LogP contribution in [0.5, 0.6) is 23.0 Å². The van der Waals surface area contributed by atoms with Crippen LogP contribution in [0.3, 0.4) is 0 Å². The third-order valence-electron chi connectivity index (χ3n) is 14.9. The summed E-state index contributed by atoms with van der Waals surface area (Å²) in [4.78, 5) is 25.1. The van der Waals surface area contributed by atoms with Crippen molar-refractivity contribution in [2.24, 2.45) is 0 Å². The van der Waals surface area contributed by atoms with E-state index < -0.39 is 5.97 Å². The summed E-state index contributed by atoms with van der Waals surface area (Å²) in [6.45, 7) is 15.6. The van der Waals surface area contributed by atoms with E-state index in [1.54, 1.807) is 0 Å². The molecule has 0 N–H and O–H groups in total. The molecule has 1 atom stereocenters. The molecule has 8 rings (SSSR count). The van der Waals surface area contributed by atoms with E-state index in [4.69, 9.17) is 24.0 Å². The van der Waals surface area contributed by atoms with Crippen molar-refractivity contribution in [1.82, 2.24) is 0 Å². The van der Waals surface area contributed by atoms with Gasteiger partial charge in [0.05, 0.1) is 13.2 Å². The first kappa shape index (κ1) is 52.9. The Morgan fingerprint density at radius 1 is 0.466 bits per heavy atom. The summed E-state index contributed by atoms with van der Waals surface area (Å²) in [5.74, 6) is 2.63. The van der Waals surface area contributed by atoms with Gasteiger partial charge in [0.2, 0.25) is 0 Å². The number of benzene rings is 6. The molecular formula is C67H78O6. The molecule has 1 unspecified atom stereocenters. The van der Waals surface area contributed by atoms with Gasteiger partial charge in [0.1, 0.15) is 23.9 Å². The first-order valence-corrected chi connectivity index (χ1v) is 27.3. The summed E-state index contributed by atoms with van der Waals surface area (Å²) < 4.78 is 18.0. The second-order valence-electron chi connectivity index (χ2n) is 21.7. The van der Waals surface area contributed by atoms with Gasteiger partial charge in [-0.1, -0.05) is 203 Å². The average Bonchev–Trinajstić information content (AvgIpc) is 3.76. The van der Waals surface area contributed by atoms with Gasteiger partial charge in [-0.2, -0.15) is 4.89 Å². The number of unbranched alkanes of at least 4 members (excludes halogenated alkanes) is 10. The lowest BCUT2D eigenvalue weighted by molar-refractivity contribution is -0.195. The molecule has 0 heterocycles. The maximum Gasteiger partial charge on any atom is 0.336 e. The summed E-state index contributed by atoms with van der Waals surface area (Å²) in [6.07, 6.45) is 24.3. The number of carbonyl (C=O) groups is 1. The highest BCUT2D eigenvalue weighted by molar-refractivity contribution is 5.89. The van der Waals surface area contributed by atoms with E-state index in [2.05, 4.69) is 145 Å². The van der Waals surface area contributed by atoms with Crippen LogP contribution in [-0.2, 0) is 25.9 Å². The Labute approximate surface area is 436 Å². The van der Waals surface area contributed by atoms with Crippen molar-refractivity contribution in [3.63, 3.8) is 0 Å². The molecule has 0 aliphatic heterocycles. The lowest BCUT2D eigenvalue weighted by Gasteiger charge is -2.30. The van der Waals surface area contributed by atoms with E-state index >= 15 is 0 Å². The number of hydrogen-bond donors (Lipinski definition) is 0. The fourth-order valence-electron chi connectivity index (χ4n) is 11.3.